The van der Waals surface area contributed by atoms with E-state index in [0.717, 1.165) is 28.6 Å². The predicted molar refractivity (Wildman–Crippen MR) is 66.7 cm³/mol. The zero-order valence-electron chi connectivity index (χ0n) is 9.66. The van der Waals surface area contributed by atoms with Crippen LogP contribution in [0.1, 0.15) is 5.69 Å². The summed E-state index contributed by atoms with van der Waals surface area (Å²) >= 11 is 5.72. The van der Waals surface area contributed by atoms with Crippen molar-refractivity contribution >= 4 is 11.6 Å². The zero-order chi connectivity index (χ0) is 12.3. The normalized spacial score (nSPS) is 10.3. The molecule has 0 saturated carbocycles. The number of hydrogen-bond acceptors (Lipinski definition) is 3. The number of H-pyrrole nitrogens is 1. The lowest BCUT2D eigenvalue weighted by Gasteiger charge is -2.06. The molecule has 0 aliphatic rings. The first-order chi connectivity index (χ1) is 8.26. The van der Waals surface area contributed by atoms with Crippen LogP contribution in [0.4, 0.5) is 0 Å². The van der Waals surface area contributed by atoms with Crippen LogP contribution < -0.4 is 9.47 Å². The topological polar surface area (TPSA) is 47.1 Å². The van der Waals surface area contributed by atoms with Crippen molar-refractivity contribution < 1.29 is 9.47 Å². The quantitative estimate of drug-likeness (QED) is 0.852. The van der Waals surface area contributed by atoms with E-state index < -0.39 is 0 Å². The Bertz CT molecular complexity index is 489. The van der Waals surface area contributed by atoms with Crippen LogP contribution in [0.2, 0.25) is 0 Å². The first kappa shape index (κ1) is 11.8. The average molecular weight is 253 g/mol. The van der Waals surface area contributed by atoms with Crippen LogP contribution >= 0.6 is 11.6 Å². The summed E-state index contributed by atoms with van der Waals surface area (Å²) in [5.74, 6) is 2.61. The molecular weight excluding hydrogens is 240 g/mol. The summed E-state index contributed by atoms with van der Waals surface area (Å²) in [4.78, 5) is 7.38. The smallest absolute Gasteiger partial charge is 0.137 e. The van der Waals surface area contributed by atoms with Crippen molar-refractivity contribution in [1.29, 1.82) is 0 Å². The third kappa shape index (κ3) is 2.53. The summed E-state index contributed by atoms with van der Waals surface area (Å²) in [5, 5.41) is 0. The number of benzene rings is 1. The fraction of sp³-hybridized carbons (Fsp3) is 0.250. The predicted octanol–water partition coefficient (Wildman–Crippen LogP) is 2.83. The van der Waals surface area contributed by atoms with Crippen molar-refractivity contribution in [2.75, 3.05) is 14.2 Å². The highest BCUT2D eigenvalue weighted by molar-refractivity contribution is 6.16. The number of methoxy groups -OCH3 is 2. The highest BCUT2D eigenvalue weighted by Crippen LogP contribution is 2.28. The number of nitrogens with zero attached hydrogens (tertiary/aromatic N) is 1. The van der Waals surface area contributed by atoms with Gasteiger partial charge in [-0.25, -0.2) is 4.98 Å². The number of rotatable bonds is 4. The Labute approximate surface area is 105 Å². The summed E-state index contributed by atoms with van der Waals surface area (Å²) in [7, 11) is 3.23. The molecule has 0 fully saturated rings. The van der Waals surface area contributed by atoms with Crippen LogP contribution in [-0.2, 0) is 5.88 Å². The van der Waals surface area contributed by atoms with E-state index in [2.05, 4.69) is 9.97 Å². The van der Waals surface area contributed by atoms with Crippen molar-refractivity contribution in [2.24, 2.45) is 0 Å². The van der Waals surface area contributed by atoms with Gasteiger partial charge in [0, 0.05) is 23.5 Å². The van der Waals surface area contributed by atoms with Gasteiger partial charge in [-0.15, -0.1) is 11.6 Å². The molecule has 2 rings (SSSR count). The summed E-state index contributed by atoms with van der Waals surface area (Å²) in [6, 6.07) is 5.59. The van der Waals surface area contributed by atoms with Crippen LogP contribution in [0.25, 0.3) is 11.4 Å². The van der Waals surface area contributed by atoms with E-state index >= 15 is 0 Å². The minimum atomic E-state index is 0.411. The van der Waals surface area contributed by atoms with E-state index in [9.17, 15) is 0 Å². The van der Waals surface area contributed by atoms with Crippen molar-refractivity contribution in [1.82, 2.24) is 9.97 Å². The van der Waals surface area contributed by atoms with Crippen LogP contribution in [0.15, 0.2) is 24.4 Å². The molecule has 0 atom stereocenters. The molecule has 1 N–H and O–H groups in total. The maximum atomic E-state index is 5.72. The van der Waals surface area contributed by atoms with Gasteiger partial charge in [-0.05, 0) is 12.1 Å². The van der Waals surface area contributed by atoms with Gasteiger partial charge < -0.3 is 14.5 Å². The number of nitrogens with one attached hydrogen (secondary N) is 1. The number of ether oxygens (including phenoxy) is 2. The van der Waals surface area contributed by atoms with Crippen molar-refractivity contribution in [3.8, 4) is 22.9 Å². The highest BCUT2D eigenvalue weighted by Gasteiger charge is 2.07. The summed E-state index contributed by atoms with van der Waals surface area (Å²) in [6.07, 6.45) is 1.72. The largest absolute Gasteiger partial charge is 0.497 e. The number of aromatic nitrogens is 2. The van der Waals surface area contributed by atoms with Gasteiger partial charge in [0.1, 0.15) is 17.3 Å². The van der Waals surface area contributed by atoms with E-state index in [0.29, 0.717) is 5.88 Å². The molecule has 90 valence electrons. The van der Waals surface area contributed by atoms with Crippen LogP contribution in [0.5, 0.6) is 11.5 Å². The number of halogens is 1. The Hall–Kier alpha value is -1.68. The first-order valence-electron chi connectivity index (χ1n) is 5.10. The summed E-state index contributed by atoms with van der Waals surface area (Å²) in [6.45, 7) is 0. The number of hydrogen-bond donors (Lipinski definition) is 1. The molecule has 0 spiro atoms. The number of imidazole rings is 1. The number of aromatic amines is 1. The van der Waals surface area contributed by atoms with E-state index in [-0.39, 0.29) is 0 Å². The molecule has 0 radical (unpaired) electrons. The standard InChI is InChI=1S/C12H13ClN2O2/c1-16-10-3-8(4-11(5-10)17-2)12-14-7-9(6-13)15-12/h3-5,7H,6H2,1-2H3,(H,14,15). The van der Waals surface area contributed by atoms with E-state index in [1.807, 2.05) is 18.2 Å². The number of alkyl halides is 1. The fourth-order valence-electron chi connectivity index (χ4n) is 1.52. The summed E-state index contributed by atoms with van der Waals surface area (Å²) in [5.41, 5.74) is 1.78. The first-order valence-corrected chi connectivity index (χ1v) is 5.63. The molecule has 2 aromatic rings. The Kier molecular flexibility index (Phi) is 3.54. The van der Waals surface area contributed by atoms with Gasteiger partial charge in [-0.3, -0.25) is 0 Å². The molecule has 0 aliphatic heterocycles. The second-order valence-corrected chi connectivity index (χ2v) is 3.76. The van der Waals surface area contributed by atoms with Crippen LogP contribution in [0, 0.1) is 0 Å². The second kappa shape index (κ2) is 5.10. The Balaban J connectivity index is 2.43. The monoisotopic (exact) mass is 252 g/mol. The molecule has 5 heteroatoms. The minimum absolute atomic E-state index is 0.411. The van der Waals surface area contributed by atoms with E-state index in [4.69, 9.17) is 21.1 Å². The molecule has 0 unspecified atom stereocenters. The lowest BCUT2D eigenvalue weighted by atomic mass is 10.2. The maximum absolute atomic E-state index is 5.72. The van der Waals surface area contributed by atoms with E-state index in [1.165, 1.54) is 0 Å². The molecule has 0 amide bonds. The Morgan fingerprint density at radius 1 is 1.18 bits per heavy atom. The molecule has 0 bridgehead atoms. The molecule has 1 heterocycles. The third-order valence-corrected chi connectivity index (χ3v) is 2.69. The molecule has 1 aromatic heterocycles. The Morgan fingerprint density at radius 3 is 2.29 bits per heavy atom. The molecule has 0 saturated heterocycles. The van der Waals surface area contributed by atoms with Gasteiger partial charge in [-0.1, -0.05) is 0 Å². The molecule has 0 aliphatic carbocycles. The zero-order valence-corrected chi connectivity index (χ0v) is 10.4. The molecule has 1 aromatic carbocycles. The lowest BCUT2D eigenvalue weighted by molar-refractivity contribution is 0.394. The maximum Gasteiger partial charge on any atom is 0.137 e. The van der Waals surface area contributed by atoms with Gasteiger partial charge in [0.25, 0.3) is 0 Å². The summed E-state index contributed by atoms with van der Waals surface area (Å²) < 4.78 is 10.4. The van der Waals surface area contributed by atoms with E-state index in [1.54, 1.807) is 20.4 Å². The van der Waals surface area contributed by atoms with Crippen LogP contribution in [-0.4, -0.2) is 24.2 Å². The third-order valence-electron chi connectivity index (χ3n) is 2.40. The van der Waals surface area contributed by atoms with Crippen molar-refractivity contribution in [3.63, 3.8) is 0 Å². The Morgan fingerprint density at radius 2 is 1.82 bits per heavy atom. The fourth-order valence-corrected chi connectivity index (χ4v) is 1.65. The lowest BCUT2D eigenvalue weighted by Crippen LogP contribution is -1.89. The highest BCUT2D eigenvalue weighted by atomic mass is 35.5. The molecule has 17 heavy (non-hydrogen) atoms. The van der Waals surface area contributed by atoms with Gasteiger partial charge in [0.15, 0.2) is 0 Å². The minimum Gasteiger partial charge on any atom is -0.497 e. The molecular formula is C12H13ClN2O2. The second-order valence-electron chi connectivity index (χ2n) is 3.49. The van der Waals surface area contributed by atoms with Crippen LogP contribution in [0.3, 0.4) is 0 Å². The van der Waals surface area contributed by atoms with Gasteiger partial charge in [0.2, 0.25) is 0 Å². The van der Waals surface area contributed by atoms with Crippen molar-refractivity contribution in [3.05, 3.63) is 30.1 Å². The average Bonchev–Trinajstić information content (AvgIpc) is 2.86. The van der Waals surface area contributed by atoms with Crippen molar-refractivity contribution in [2.45, 2.75) is 5.88 Å². The van der Waals surface area contributed by atoms with Gasteiger partial charge >= 0.3 is 0 Å². The molecule has 4 nitrogen and oxygen atoms in total. The SMILES string of the molecule is COc1cc(OC)cc(-c2ncc(CCl)[nH]2)c1. The van der Waals surface area contributed by atoms with Gasteiger partial charge in [0.05, 0.1) is 20.1 Å². The van der Waals surface area contributed by atoms with Gasteiger partial charge in [-0.2, -0.15) is 0 Å².